The minimum Gasteiger partial charge on any atom is -0.497 e. The highest BCUT2D eigenvalue weighted by Crippen LogP contribution is 2.38. The first kappa shape index (κ1) is 94.8. The molecule has 28 heteroatoms. The molecule has 4 heterocycles. The summed E-state index contributed by atoms with van der Waals surface area (Å²) in [4.78, 5) is 107. The molecule has 0 radical (unpaired) electrons. The third-order valence-electron chi connectivity index (χ3n) is 21.5. The maximum Gasteiger partial charge on any atom is 0.315 e. The fraction of sp³-hybridized carbons (Fsp3) is 0.146. The molecule has 0 aliphatic rings. The summed E-state index contributed by atoms with van der Waals surface area (Å²) in [5.74, 6) is 1.77. The number of hydrogen-bond acceptors (Lipinski definition) is 19. The SMILES string of the molecule is COc1ccc(OC(=O)Cc2c(C)n(C(=O)c3ccc(Cl)cc3)c3ccc(OC)cc23)cc1.COc1ccc2c(c1)c(CC(=O)Oc1ccc(F)cc1)c(C)n2C(=O)c1ccc(Cl)cc1.COc1ccc2c(c1)c(CC(=O)Oc1ccc(SC)cc1)c(C)n2C(=O)c1ccc(Cl)cc1.COc1ccc2c(c1)c(CC(=O)Oc1ccccc1SC)c(C)n2C(=O)c1ccc(Cl)cc1. The van der Waals surface area contributed by atoms with Crippen LogP contribution in [0.4, 0.5) is 4.39 Å². The summed E-state index contributed by atoms with van der Waals surface area (Å²) in [7, 11) is 7.85. The Morgan fingerprint density at radius 3 is 0.802 bits per heavy atom. The van der Waals surface area contributed by atoms with E-state index < -0.39 is 29.7 Å². The molecule has 16 rings (SSSR count). The fourth-order valence-corrected chi connectivity index (χ4v) is 16.4. The number of ether oxygens (including phenoxy) is 9. The minimum absolute atomic E-state index is 0.0115. The van der Waals surface area contributed by atoms with Gasteiger partial charge in [0, 0.05) is 96.5 Å². The summed E-state index contributed by atoms with van der Waals surface area (Å²) in [5, 5.41) is 5.19. The van der Waals surface area contributed by atoms with Crippen LogP contribution in [0.25, 0.3) is 43.6 Å². The number of aromatic nitrogens is 4. The van der Waals surface area contributed by atoms with Crippen LogP contribution in [0.1, 0.15) is 86.5 Å². The number of hydrogen-bond donors (Lipinski definition) is 0. The van der Waals surface area contributed by atoms with Crippen LogP contribution in [0, 0.1) is 33.5 Å². The van der Waals surface area contributed by atoms with Crippen LogP contribution in [0.15, 0.2) is 277 Å². The van der Waals surface area contributed by atoms with E-state index in [1.54, 1.807) is 248 Å². The van der Waals surface area contributed by atoms with Crippen molar-refractivity contribution in [3.63, 3.8) is 0 Å². The summed E-state index contributed by atoms with van der Waals surface area (Å²) in [6.07, 6.45) is 3.86. The van der Waals surface area contributed by atoms with E-state index in [0.717, 1.165) is 37.1 Å². The van der Waals surface area contributed by atoms with Gasteiger partial charge in [0.2, 0.25) is 0 Å². The molecule has 666 valence electrons. The monoisotopic (exact) mass is 1870 g/mol. The molecule has 0 atom stereocenters. The van der Waals surface area contributed by atoms with Gasteiger partial charge in [0.1, 0.15) is 57.6 Å². The second-order valence-electron chi connectivity index (χ2n) is 29.4. The van der Waals surface area contributed by atoms with Crippen LogP contribution < -0.4 is 42.6 Å². The zero-order valence-electron chi connectivity index (χ0n) is 72.7. The predicted molar refractivity (Wildman–Crippen MR) is 511 cm³/mol. The Morgan fingerprint density at radius 1 is 0.290 bits per heavy atom. The Labute approximate surface area is 782 Å². The molecule has 0 fully saturated rings. The zero-order chi connectivity index (χ0) is 93.4. The van der Waals surface area contributed by atoms with Crippen molar-refractivity contribution in [1.82, 2.24) is 18.3 Å². The van der Waals surface area contributed by atoms with Crippen LogP contribution in [0.2, 0.25) is 20.1 Å². The zero-order valence-corrected chi connectivity index (χ0v) is 77.3. The van der Waals surface area contributed by atoms with Gasteiger partial charge >= 0.3 is 23.9 Å². The number of benzene rings is 12. The molecule has 12 aromatic carbocycles. The lowest BCUT2D eigenvalue weighted by atomic mass is 10.1. The maximum atomic E-state index is 13.4. The van der Waals surface area contributed by atoms with Gasteiger partial charge in [-0.15, -0.1) is 23.5 Å². The normalized spacial score (nSPS) is 10.9. The van der Waals surface area contributed by atoms with Crippen molar-refractivity contribution in [2.45, 2.75) is 63.2 Å². The van der Waals surface area contributed by atoms with E-state index in [1.807, 2.05) is 100 Å². The van der Waals surface area contributed by atoms with Crippen molar-refractivity contribution >= 4 is 161 Å². The largest absolute Gasteiger partial charge is 0.497 e. The van der Waals surface area contributed by atoms with E-state index in [2.05, 4.69) is 0 Å². The molecule has 0 aliphatic carbocycles. The second-order valence-corrected chi connectivity index (χ2v) is 32.9. The average Bonchev–Trinajstić information content (AvgIpc) is 1.62. The fourth-order valence-electron chi connectivity index (χ4n) is 14.9. The Bertz CT molecular complexity index is 6770. The van der Waals surface area contributed by atoms with Crippen molar-refractivity contribution in [2.24, 2.45) is 0 Å². The molecule has 0 saturated carbocycles. The number of carbonyl (C=O) groups excluding carboxylic acids is 8. The van der Waals surface area contributed by atoms with E-state index >= 15 is 0 Å². The third kappa shape index (κ3) is 22.2. The molecule has 0 unspecified atom stereocenters. The third-order valence-corrected chi connectivity index (χ3v) is 24.1. The Kier molecular flexibility index (Phi) is 31.1. The molecular formula is C103H85Cl4FN4O17S2. The highest BCUT2D eigenvalue weighted by atomic mass is 35.5. The van der Waals surface area contributed by atoms with Gasteiger partial charge in [-0.05, 0) is 317 Å². The summed E-state index contributed by atoms with van der Waals surface area (Å²) in [6, 6.07) is 75.2. The molecule has 4 aromatic heterocycles. The van der Waals surface area contributed by atoms with E-state index in [9.17, 15) is 42.7 Å². The molecule has 0 N–H and O–H groups in total. The van der Waals surface area contributed by atoms with Gasteiger partial charge in [-0.2, -0.15) is 0 Å². The molecule has 16 aromatic rings. The molecule has 21 nitrogen and oxygen atoms in total. The average molecular weight is 1880 g/mol. The van der Waals surface area contributed by atoms with E-state index in [0.29, 0.717) is 150 Å². The molecule has 0 saturated heterocycles. The predicted octanol–water partition coefficient (Wildman–Crippen LogP) is 23.4. The highest BCUT2D eigenvalue weighted by molar-refractivity contribution is 7.98. The van der Waals surface area contributed by atoms with Crippen LogP contribution in [0.3, 0.4) is 0 Å². The van der Waals surface area contributed by atoms with Crippen LogP contribution in [0.5, 0.6) is 51.7 Å². The lowest BCUT2D eigenvalue weighted by Gasteiger charge is -2.09. The number of halogens is 5. The first-order valence-electron chi connectivity index (χ1n) is 40.5. The summed E-state index contributed by atoms with van der Waals surface area (Å²) < 4.78 is 68.2. The van der Waals surface area contributed by atoms with Crippen molar-refractivity contribution < 1.29 is 85.4 Å². The molecule has 0 amide bonds. The van der Waals surface area contributed by atoms with Crippen LogP contribution >= 0.6 is 69.9 Å². The van der Waals surface area contributed by atoms with Gasteiger partial charge < -0.3 is 42.6 Å². The van der Waals surface area contributed by atoms with E-state index in [1.165, 1.54) is 36.0 Å². The number of nitrogens with zero attached hydrogens (tertiary/aromatic N) is 4. The number of para-hydroxylation sites is 1. The number of fused-ring (bicyclic) bond motifs is 4. The summed E-state index contributed by atoms with van der Waals surface area (Å²) in [5.41, 5.74) is 10.1. The van der Waals surface area contributed by atoms with Gasteiger partial charge in [0.05, 0.1) is 83.3 Å². The molecule has 131 heavy (non-hydrogen) atoms. The second kappa shape index (κ2) is 43.0. The molecule has 0 bridgehead atoms. The maximum absolute atomic E-state index is 13.4. The lowest BCUT2D eigenvalue weighted by molar-refractivity contribution is -0.134. The molecule has 0 spiro atoms. The van der Waals surface area contributed by atoms with Gasteiger partial charge in [-0.3, -0.25) is 56.6 Å². The summed E-state index contributed by atoms with van der Waals surface area (Å²) >= 11 is 27.0. The Balaban J connectivity index is 0.000000149. The van der Waals surface area contributed by atoms with Crippen molar-refractivity contribution in [1.29, 1.82) is 0 Å². The number of thioether (sulfide) groups is 2. The highest BCUT2D eigenvalue weighted by Gasteiger charge is 2.29. The van der Waals surface area contributed by atoms with Gasteiger partial charge in [-0.25, -0.2) is 4.39 Å². The summed E-state index contributed by atoms with van der Waals surface area (Å²) in [6.45, 7) is 7.26. The molecular weight excluding hydrogens is 1790 g/mol. The van der Waals surface area contributed by atoms with E-state index in [4.69, 9.17) is 89.0 Å². The van der Waals surface area contributed by atoms with Crippen LogP contribution in [-0.2, 0) is 44.9 Å². The first-order valence-corrected chi connectivity index (χ1v) is 44.5. The lowest BCUT2D eigenvalue weighted by Crippen LogP contribution is -2.15. The number of methoxy groups -OCH3 is 5. The van der Waals surface area contributed by atoms with E-state index in [-0.39, 0.29) is 55.1 Å². The van der Waals surface area contributed by atoms with Crippen LogP contribution in [-0.4, -0.2) is 114 Å². The quantitative estimate of drug-likeness (QED) is 0.0328. The number of rotatable bonds is 23. The van der Waals surface area contributed by atoms with Gasteiger partial charge in [0.15, 0.2) is 0 Å². The smallest absolute Gasteiger partial charge is 0.315 e. The van der Waals surface area contributed by atoms with Crippen molar-refractivity contribution in [3.05, 3.63) is 360 Å². The molecule has 0 aliphatic heterocycles. The topological polar surface area (TPSA) is 239 Å². The van der Waals surface area contributed by atoms with Crippen molar-refractivity contribution in [3.8, 4) is 51.7 Å². The Morgan fingerprint density at radius 2 is 0.534 bits per heavy atom. The van der Waals surface area contributed by atoms with Crippen molar-refractivity contribution in [2.75, 3.05) is 48.1 Å². The first-order chi connectivity index (χ1) is 63.1. The van der Waals surface area contributed by atoms with Gasteiger partial charge in [0.25, 0.3) is 23.6 Å². The standard InChI is InChI=1S/C26H22ClNO5.2C26H22ClNO4S.C25H19ClFNO4/c1-16-22(15-25(29)33-20-10-8-19(31-2)9-11-20)23-14-21(32-3)12-13-24(23)28(16)26(30)17-4-6-18(27)7-5-17;1-16-22(15-25(29)32-19-8-11-21(33-3)12-9-19)23-14-20(31-2)10-13-24(23)28(16)26(30)17-4-6-18(27)7-5-17;1-16-20(15-25(29)32-23-6-4-5-7-24(23)33-3)21-14-19(31-2)12-13-22(21)28(16)26(30)17-8-10-18(27)11-9-17;1-15-21(14-24(29)32-19-9-7-18(27)8-10-19)22-13-20(31-2)11-12-23(22)28(15)25(30)16-3-5-17(26)6-4-16/h3*4-14H,15H2,1-3H3;3-13H,14H2,1-2H3. The number of esters is 4. The Hall–Kier alpha value is -13.9. The minimum atomic E-state index is -0.527. The van der Waals surface area contributed by atoms with Gasteiger partial charge in [-0.1, -0.05) is 58.5 Å². The number of carbonyl (C=O) groups is 8.